The number of carbonyl (C=O) groups is 1. The molecule has 0 bridgehead atoms. The van der Waals surface area contributed by atoms with Gasteiger partial charge in [0.2, 0.25) is 0 Å². The number of halogens is 1. The molecule has 5 nitrogen and oxygen atoms in total. The molecule has 0 amide bonds. The predicted molar refractivity (Wildman–Crippen MR) is 105 cm³/mol. The molecule has 0 radical (unpaired) electrons. The second kappa shape index (κ2) is 11.1. The fraction of sp³-hybridized carbons (Fsp3) is 0.190. The summed E-state index contributed by atoms with van der Waals surface area (Å²) >= 11 is 5.80. The lowest BCUT2D eigenvalue weighted by Crippen LogP contribution is -2.25. The summed E-state index contributed by atoms with van der Waals surface area (Å²) in [6.07, 6.45) is 3.72. The third-order valence-electron chi connectivity index (χ3n) is 3.33. The quantitative estimate of drug-likeness (QED) is 0.380. The minimum atomic E-state index is -0.778. The van der Waals surface area contributed by atoms with Crippen LogP contribution in [0.2, 0.25) is 5.02 Å². The predicted octanol–water partition coefficient (Wildman–Crippen LogP) is 3.90. The van der Waals surface area contributed by atoms with Crippen LogP contribution >= 0.6 is 11.6 Å². The van der Waals surface area contributed by atoms with E-state index in [0.717, 1.165) is 5.56 Å². The Labute approximate surface area is 163 Å². The van der Waals surface area contributed by atoms with Gasteiger partial charge in [-0.1, -0.05) is 36.4 Å². The van der Waals surface area contributed by atoms with Gasteiger partial charge in [0, 0.05) is 11.1 Å². The Kier molecular flexibility index (Phi) is 8.42. The highest BCUT2D eigenvalue weighted by molar-refractivity contribution is 6.30. The summed E-state index contributed by atoms with van der Waals surface area (Å²) in [5.74, 6) is 0.798. The van der Waals surface area contributed by atoms with Crippen molar-refractivity contribution in [3.8, 4) is 11.5 Å². The van der Waals surface area contributed by atoms with Gasteiger partial charge in [-0.05, 0) is 48.0 Å². The van der Waals surface area contributed by atoms with Gasteiger partial charge in [0.15, 0.2) is 0 Å². The van der Waals surface area contributed by atoms with Gasteiger partial charge in [0.25, 0.3) is 0 Å². The van der Waals surface area contributed by atoms with Crippen LogP contribution in [0, 0.1) is 0 Å². The van der Waals surface area contributed by atoms with Crippen LogP contribution in [0.1, 0.15) is 5.56 Å². The molecule has 2 aromatic rings. The molecule has 0 heterocycles. The van der Waals surface area contributed by atoms with Crippen LogP contribution in [0.15, 0.2) is 67.3 Å². The third kappa shape index (κ3) is 7.98. The smallest absolute Gasteiger partial charge is 0.331 e. The van der Waals surface area contributed by atoms with E-state index in [-0.39, 0.29) is 19.8 Å². The third-order valence-corrected chi connectivity index (χ3v) is 3.59. The number of aliphatic hydroxyl groups is 1. The Morgan fingerprint density at radius 3 is 2.15 bits per heavy atom. The molecule has 0 spiro atoms. The molecule has 6 heteroatoms. The Hall–Kier alpha value is -2.76. The highest BCUT2D eigenvalue weighted by Gasteiger charge is 2.07. The molecular weight excluding hydrogens is 368 g/mol. The van der Waals surface area contributed by atoms with E-state index in [1.54, 1.807) is 54.6 Å². The molecule has 2 aromatic carbocycles. The van der Waals surface area contributed by atoms with E-state index < -0.39 is 12.1 Å². The van der Waals surface area contributed by atoms with Crippen LogP contribution in [0.4, 0.5) is 0 Å². The first-order valence-electron chi connectivity index (χ1n) is 8.32. The molecule has 0 aliphatic rings. The summed E-state index contributed by atoms with van der Waals surface area (Å²) in [5, 5.41) is 10.6. The Morgan fingerprint density at radius 1 is 1.04 bits per heavy atom. The lowest BCUT2D eigenvalue weighted by Gasteiger charge is -2.13. The standard InChI is InChI=1S/C21H21ClO5/c1-2-13-25-21(24)12-5-16-3-8-19(9-4-16)26-14-18(23)15-27-20-10-6-17(22)7-11-20/h2-12,18,23H,1,13-15H2. The zero-order valence-electron chi connectivity index (χ0n) is 14.7. The summed E-state index contributed by atoms with van der Waals surface area (Å²) in [5.41, 5.74) is 0.824. The minimum Gasteiger partial charge on any atom is -0.491 e. The Balaban J connectivity index is 1.73. The molecule has 0 aromatic heterocycles. The van der Waals surface area contributed by atoms with Gasteiger partial charge >= 0.3 is 5.97 Å². The molecule has 1 unspecified atom stereocenters. The number of esters is 1. The number of rotatable bonds is 10. The van der Waals surface area contributed by atoms with E-state index in [0.29, 0.717) is 16.5 Å². The first kappa shape index (κ1) is 20.6. The maximum Gasteiger partial charge on any atom is 0.331 e. The zero-order chi connectivity index (χ0) is 19.5. The van der Waals surface area contributed by atoms with Crippen LogP contribution in [-0.4, -0.2) is 37.0 Å². The SMILES string of the molecule is C=CCOC(=O)C=Cc1ccc(OCC(O)COc2ccc(Cl)cc2)cc1. The van der Waals surface area contributed by atoms with Crippen LogP contribution in [0.3, 0.4) is 0 Å². The van der Waals surface area contributed by atoms with E-state index >= 15 is 0 Å². The van der Waals surface area contributed by atoms with Gasteiger partial charge in [-0.3, -0.25) is 0 Å². The molecule has 0 aliphatic heterocycles. The molecule has 0 fully saturated rings. The summed E-state index contributed by atoms with van der Waals surface area (Å²) in [6.45, 7) is 3.86. The van der Waals surface area contributed by atoms with E-state index in [1.165, 1.54) is 12.2 Å². The van der Waals surface area contributed by atoms with Crippen molar-refractivity contribution in [2.24, 2.45) is 0 Å². The fourth-order valence-corrected chi connectivity index (χ4v) is 2.12. The highest BCUT2D eigenvalue weighted by atomic mass is 35.5. The minimum absolute atomic E-state index is 0.0939. The van der Waals surface area contributed by atoms with Gasteiger partial charge in [0.05, 0.1) is 0 Å². The summed E-state index contributed by atoms with van der Waals surface area (Å²) in [7, 11) is 0. The fourth-order valence-electron chi connectivity index (χ4n) is 1.99. The molecule has 0 aliphatic carbocycles. The maximum atomic E-state index is 11.4. The monoisotopic (exact) mass is 388 g/mol. The second-order valence-corrected chi connectivity index (χ2v) is 5.99. The first-order valence-corrected chi connectivity index (χ1v) is 8.69. The second-order valence-electron chi connectivity index (χ2n) is 5.55. The molecule has 0 saturated carbocycles. The van der Waals surface area contributed by atoms with Crippen molar-refractivity contribution in [3.63, 3.8) is 0 Å². The van der Waals surface area contributed by atoms with E-state index in [9.17, 15) is 9.90 Å². The van der Waals surface area contributed by atoms with Gasteiger partial charge in [-0.2, -0.15) is 0 Å². The van der Waals surface area contributed by atoms with Gasteiger partial charge in [0.1, 0.15) is 37.4 Å². The van der Waals surface area contributed by atoms with E-state index in [1.807, 2.05) is 0 Å². The van der Waals surface area contributed by atoms with Crippen molar-refractivity contribution in [3.05, 3.63) is 77.8 Å². The molecule has 1 N–H and O–H groups in total. The molecular formula is C21H21ClO5. The van der Waals surface area contributed by atoms with Crippen LogP contribution in [0.5, 0.6) is 11.5 Å². The largest absolute Gasteiger partial charge is 0.491 e. The highest BCUT2D eigenvalue weighted by Crippen LogP contribution is 2.16. The van der Waals surface area contributed by atoms with Crippen LogP contribution in [-0.2, 0) is 9.53 Å². The zero-order valence-corrected chi connectivity index (χ0v) is 15.5. The number of hydrogen-bond donors (Lipinski definition) is 1. The normalized spacial score (nSPS) is 11.8. The van der Waals surface area contributed by atoms with Crippen molar-refractivity contribution in [1.29, 1.82) is 0 Å². The van der Waals surface area contributed by atoms with Crippen molar-refractivity contribution in [2.75, 3.05) is 19.8 Å². The Morgan fingerprint density at radius 2 is 1.59 bits per heavy atom. The maximum absolute atomic E-state index is 11.4. The average molecular weight is 389 g/mol. The number of ether oxygens (including phenoxy) is 3. The number of hydrogen-bond acceptors (Lipinski definition) is 5. The Bertz CT molecular complexity index is 753. The lowest BCUT2D eigenvalue weighted by atomic mass is 10.2. The molecule has 142 valence electrons. The summed E-state index contributed by atoms with van der Waals surface area (Å²) in [6, 6.07) is 14.0. The van der Waals surface area contributed by atoms with Crippen molar-refractivity contribution >= 4 is 23.6 Å². The number of benzene rings is 2. The lowest BCUT2D eigenvalue weighted by molar-refractivity contribution is -0.136. The van der Waals surface area contributed by atoms with Crippen LogP contribution < -0.4 is 9.47 Å². The van der Waals surface area contributed by atoms with E-state index in [4.69, 9.17) is 25.8 Å². The molecule has 27 heavy (non-hydrogen) atoms. The molecule has 0 saturated heterocycles. The summed E-state index contributed by atoms with van der Waals surface area (Å²) < 4.78 is 15.8. The van der Waals surface area contributed by atoms with Crippen LogP contribution in [0.25, 0.3) is 6.08 Å². The van der Waals surface area contributed by atoms with Gasteiger partial charge in [-0.15, -0.1) is 0 Å². The summed E-state index contributed by atoms with van der Waals surface area (Å²) in [4.78, 5) is 11.4. The number of carbonyl (C=O) groups excluding carboxylic acids is 1. The average Bonchev–Trinajstić information content (AvgIpc) is 2.69. The van der Waals surface area contributed by atoms with Crippen molar-refractivity contribution in [2.45, 2.75) is 6.10 Å². The van der Waals surface area contributed by atoms with Crippen molar-refractivity contribution < 1.29 is 24.1 Å². The van der Waals surface area contributed by atoms with Crippen molar-refractivity contribution in [1.82, 2.24) is 0 Å². The molecule has 1 atom stereocenters. The van der Waals surface area contributed by atoms with Gasteiger partial charge < -0.3 is 19.3 Å². The first-order chi connectivity index (χ1) is 13.1. The number of aliphatic hydroxyl groups excluding tert-OH is 1. The molecule has 2 rings (SSSR count). The topological polar surface area (TPSA) is 65.0 Å². The van der Waals surface area contributed by atoms with E-state index in [2.05, 4.69) is 6.58 Å². The van der Waals surface area contributed by atoms with Gasteiger partial charge in [-0.25, -0.2) is 4.79 Å².